The lowest BCUT2D eigenvalue weighted by molar-refractivity contribution is 0.0993. The van der Waals surface area contributed by atoms with E-state index in [1.807, 2.05) is 30.3 Å². The van der Waals surface area contributed by atoms with Crippen molar-refractivity contribution in [2.45, 2.75) is 0 Å². The Kier molecular flexibility index (Phi) is 6.14. The van der Waals surface area contributed by atoms with E-state index in [2.05, 4.69) is 5.32 Å². The lowest BCUT2D eigenvalue weighted by Gasteiger charge is -2.17. The molecule has 0 fully saturated rings. The monoisotopic (exact) mass is 390 g/mol. The Balaban J connectivity index is 1.80. The second-order valence-electron chi connectivity index (χ2n) is 6.30. The Labute approximate surface area is 169 Å². The standard InChI is InChI=1S/C23H22N2O4/c1-25(18-10-5-4-6-11-18)23(27)17-9-7-8-16(14-17)22(26)24-20-13-12-19(28-2)15-21(20)29-3/h4-15H,1-3H3,(H,24,26). The number of benzene rings is 3. The molecule has 2 amide bonds. The van der Waals surface area contributed by atoms with Crippen LogP contribution in [-0.2, 0) is 0 Å². The molecule has 0 aliphatic rings. The van der Waals surface area contributed by atoms with Gasteiger partial charge in [-0.1, -0.05) is 24.3 Å². The minimum absolute atomic E-state index is 0.201. The van der Waals surface area contributed by atoms with Crippen LogP contribution in [0.4, 0.5) is 11.4 Å². The number of amides is 2. The molecule has 1 N–H and O–H groups in total. The third kappa shape index (κ3) is 4.55. The molecule has 0 aliphatic carbocycles. The molecule has 0 spiro atoms. The molecule has 0 saturated heterocycles. The van der Waals surface area contributed by atoms with Crippen molar-refractivity contribution in [2.75, 3.05) is 31.5 Å². The van der Waals surface area contributed by atoms with E-state index in [0.717, 1.165) is 5.69 Å². The minimum atomic E-state index is -0.342. The van der Waals surface area contributed by atoms with Gasteiger partial charge in [-0.05, 0) is 42.5 Å². The molecular weight excluding hydrogens is 368 g/mol. The molecule has 0 saturated carbocycles. The molecule has 0 heterocycles. The van der Waals surface area contributed by atoms with E-state index >= 15 is 0 Å². The van der Waals surface area contributed by atoms with Crippen LogP contribution in [0.15, 0.2) is 72.8 Å². The van der Waals surface area contributed by atoms with Gasteiger partial charge in [0.2, 0.25) is 0 Å². The number of carbonyl (C=O) groups is 2. The number of hydrogen-bond acceptors (Lipinski definition) is 4. The summed E-state index contributed by atoms with van der Waals surface area (Å²) in [7, 11) is 4.78. The fourth-order valence-electron chi connectivity index (χ4n) is 2.85. The molecule has 0 bridgehead atoms. The summed E-state index contributed by atoms with van der Waals surface area (Å²) in [6.07, 6.45) is 0. The summed E-state index contributed by atoms with van der Waals surface area (Å²) >= 11 is 0. The smallest absolute Gasteiger partial charge is 0.258 e. The predicted molar refractivity (Wildman–Crippen MR) is 113 cm³/mol. The van der Waals surface area contributed by atoms with Gasteiger partial charge in [-0.3, -0.25) is 9.59 Å². The zero-order chi connectivity index (χ0) is 20.8. The molecule has 0 aliphatic heterocycles. The summed E-state index contributed by atoms with van der Waals surface area (Å²) in [4.78, 5) is 27.1. The first-order valence-electron chi connectivity index (χ1n) is 9.00. The van der Waals surface area contributed by atoms with Crippen LogP contribution in [0.3, 0.4) is 0 Å². The first-order valence-corrected chi connectivity index (χ1v) is 9.00. The van der Waals surface area contributed by atoms with E-state index < -0.39 is 0 Å². The first-order chi connectivity index (χ1) is 14.0. The maximum atomic E-state index is 12.8. The molecule has 3 aromatic carbocycles. The van der Waals surface area contributed by atoms with Crippen LogP contribution >= 0.6 is 0 Å². The van der Waals surface area contributed by atoms with E-state index in [1.54, 1.807) is 61.5 Å². The summed E-state index contributed by atoms with van der Waals surface area (Å²) in [5, 5.41) is 2.81. The molecule has 3 aromatic rings. The third-order valence-electron chi connectivity index (χ3n) is 4.48. The van der Waals surface area contributed by atoms with E-state index in [-0.39, 0.29) is 11.8 Å². The first kappa shape index (κ1) is 19.9. The van der Waals surface area contributed by atoms with Crippen LogP contribution in [-0.4, -0.2) is 33.1 Å². The van der Waals surface area contributed by atoms with Gasteiger partial charge in [0.05, 0.1) is 19.9 Å². The maximum absolute atomic E-state index is 12.8. The van der Waals surface area contributed by atoms with Gasteiger partial charge in [0.1, 0.15) is 11.5 Å². The molecule has 0 radical (unpaired) electrons. The van der Waals surface area contributed by atoms with Gasteiger partial charge in [-0.15, -0.1) is 0 Å². The highest BCUT2D eigenvalue weighted by molar-refractivity contribution is 6.09. The maximum Gasteiger partial charge on any atom is 0.258 e. The number of nitrogens with one attached hydrogen (secondary N) is 1. The Bertz CT molecular complexity index is 1020. The summed E-state index contributed by atoms with van der Waals surface area (Å²) < 4.78 is 10.5. The number of anilines is 2. The minimum Gasteiger partial charge on any atom is -0.497 e. The Morgan fingerprint density at radius 2 is 1.55 bits per heavy atom. The predicted octanol–water partition coefficient (Wildman–Crippen LogP) is 4.23. The van der Waals surface area contributed by atoms with Crippen molar-refractivity contribution < 1.29 is 19.1 Å². The van der Waals surface area contributed by atoms with Crippen LogP contribution < -0.4 is 19.7 Å². The Morgan fingerprint density at radius 3 is 2.24 bits per heavy atom. The van der Waals surface area contributed by atoms with Gasteiger partial charge >= 0.3 is 0 Å². The number of hydrogen-bond donors (Lipinski definition) is 1. The van der Waals surface area contributed by atoms with Crippen molar-refractivity contribution in [3.8, 4) is 11.5 Å². The number of para-hydroxylation sites is 1. The lowest BCUT2D eigenvalue weighted by atomic mass is 10.1. The quantitative estimate of drug-likeness (QED) is 0.684. The van der Waals surface area contributed by atoms with Crippen LogP contribution in [0.1, 0.15) is 20.7 Å². The molecule has 0 atom stereocenters. The van der Waals surface area contributed by atoms with Gasteiger partial charge < -0.3 is 19.7 Å². The summed E-state index contributed by atoms with van der Waals surface area (Å²) in [5.74, 6) is 0.559. The van der Waals surface area contributed by atoms with E-state index in [4.69, 9.17) is 9.47 Å². The summed E-state index contributed by atoms with van der Waals surface area (Å²) in [6.45, 7) is 0. The SMILES string of the molecule is COc1ccc(NC(=O)c2cccc(C(=O)N(C)c3ccccc3)c2)c(OC)c1. The fourth-order valence-corrected chi connectivity index (χ4v) is 2.85. The van der Waals surface area contributed by atoms with Gasteiger partial charge in [0.15, 0.2) is 0 Å². The summed E-state index contributed by atoms with van der Waals surface area (Å²) in [5.41, 5.74) is 2.08. The highest BCUT2D eigenvalue weighted by atomic mass is 16.5. The average Bonchev–Trinajstić information content (AvgIpc) is 2.78. The normalized spacial score (nSPS) is 10.2. The molecule has 148 valence electrons. The molecule has 6 nitrogen and oxygen atoms in total. The van der Waals surface area contributed by atoms with Gasteiger partial charge in [-0.2, -0.15) is 0 Å². The molecule has 0 unspecified atom stereocenters. The largest absolute Gasteiger partial charge is 0.497 e. The third-order valence-corrected chi connectivity index (χ3v) is 4.48. The van der Waals surface area contributed by atoms with Crippen molar-refractivity contribution in [3.63, 3.8) is 0 Å². The van der Waals surface area contributed by atoms with E-state index in [0.29, 0.717) is 28.3 Å². The second kappa shape index (κ2) is 8.93. The Hall–Kier alpha value is -3.80. The van der Waals surface area contributed by atoms with Crippen molar-refractivity contribution >= 4 is 23.2 Å². The number of carbonyl (C=O) groups excluding carboxylic acids is 2. The van der Waals surface area contributed by atoms with E-state index in [9.17, 15) is 9.59 Å². The molecule has 0 aromatic heterocycles. The molecule has 6 heteroatoms. The van der Waals surface area contributed by atoms with Crippen LogP contribution in [0.25, 0.3) is 0 Å². The van der Waals surface area contributed by atoms with Crippen molar-refractivity contribution in [1.29, 1.82) is 0 Å². The number of ether oxygens (including phenoxy) is 2. The Morgan fingerprint density at radius 1 is 0.828 bits per heavy atom. The highest BCUT2D eigenvalue weighted by Gasteiger charge is 2.16. The molecule has 3 rings (SSSR count). The molecular formula is C23H22N2O4. The number of rotatable bonds is 6. The van der Waals surface area contributed by atoms with Crippen molar-refractivity contribution in [3.05, 3.63) is 83.9 Å². The fraction of sp³-hybridized carbons (Fsp3) is 0.130. The highest BCUT2D eigenvalue weighted by Crippen LogP contribution is 2.29. The number of methoxy groups -OCH3 is 2. The van der Waals surface area contributed by atoms with Crippen molar-refractivity contribution in [1.82, 2.24) is 0 Å². The van der Waals surface area contributed by atoms with Crippen molar-refractivity contribution in [2.24, 2.45) is 0 Å². The van der Waals surface area contributed by atoms with Gasteiger partial charge in [0, 0.05) is 29.9 Å². The number of nitrogens with zero attached hydrogens (tertiary/aromatic N) is 1. The van der Waals surface area contributed by atoms with Crippen LogP contribution in [0.5, 0.6) is 11.5 Å². The van der Waals surface area contributed by atoms with E-state index in [1.165, 1.54) is 7.11 Å². The van der Waals surface area contributed by atoms with Gasteiger partial charge in [-0.25, -0.2) is 0 Å². The lowest BCUT2D eigenvalue weighted by Crippen LogP contribution is -2.26. The van der Waals surface area contributed by atoms with Crippen LogP contribution in [0, 0.1) is 0 Å². The van der Waals surface area contributed by atoms with Crippen LogP contribution in [0.2, 0.25) is 0 Å². The second-order valence-corrected chi connectivity index (χ2v) is 6.30. The zero-order valence-corrected chi connectivity index (χ0v) is 16.5. The topological polar surface area (TPSA) is 67.9 Å². The zero-order valence-electron chi connectivity index (χ0n) is 16.5. The average molecular weight is 390 g/mol. The summed E-state index contributed by atoms with van der Waals surface area (Å²) in [6, 6.07) is 21.0. The molecule has 29 heavy (non-hydrogen) atoms. The van der Waals surface area contributed by atoms with Gasteiger partial charge in [0.25, 0.3) is 11.8 Å².